The highest BCUT2D eigenvalue weighted by Gasteiger charge is 2.40. The summed E-state index contributed by atoms with van der Waals surface area (Å²) in [7, 11) is 0. The van der Waals surface area contributed by atoms with Gasteiger partial charge in [-0.05, 0) is 95.8 Å². The average molecular weight is 481 g/mol. The highest BCUT2D eigenvalue weighted by molar-refractivity contribution is 5.79. The zero-order valence-electron chi connectivity index (χ0n) is 21.3. The van der Waals surface area contributed by atoms with E-state index in [1.165, 1.54) is 4.90 Å². The molecule has 4 fully saturated rings. The first kappa shape index (κ1) is 26.8. The third kappa shape index (κ3) is 7.33. The number of amides is 2. The summed E-state index contributed by atoms with van der Waals surface area (Å²) >= 11 is 0. The van der Waals surface area contributed by atoms with Crippen LogP contribution in [0.3, 0.4) is 0 Å². The van der Waals surface area contributed by atoms with Gasteiger partial charge in [0.2, 0.25) is 0 Å². The first-order valence-corrected chi connectivity index (χ1v) is 13.1. The van der Waals surface area contributed by atoms with E-state index in [0.717, 1.165) is 90.1 Å². The van der Waals surface area contributed by atoms with Crippen LogP contribution >= 0.6 is 0 Å². The van der Waals surface area contributed by atoms with Crippen LogP contribution in [-0.4, -0.2) is 75.9 Å². The summed E-state index contributed by atoms with van der Waals surface area (Å²) in [4.78, 5) is 37.4. The molecule has 0 aromatic carbocycles. The topological polar surface area (TPSA) is 107 Å². The lowest BCUT2D eigenvalue weighted by molar-refractivity contribution is -0.123. The molecule has 34 heavy (non-hydrogen) atoms. The van der Waals surface area contributed by atoms with Crippen molar-refractivity contribution in [1.82, 2.24) is 9.80 Å². The number of carboxylic acid groups (broad SMARTS) is 1. The van der Waals surface area contributed by atoms with E-state index in [9.17, 15) is 19.5 Å². The summed E-state index contributed by atoms with van der Waals surface area (Å²) in [6, 6.07) is 0. The highest BCUT2D eigenvalue weighted by Crippen LogP contribution is 2.45. The largest absolute Gasteiger partial charge is 0.465 e. The zero-order chi connectivity index (χ0) is 25.0. The van der Waals surface area contributed by atoms with Gasteiger partial charge in [-0.1, -0.05) is 0 Å². The van der Waals surface area contributed by atoms with Gasteiger partial charge in [-0.2, -0.15) is 0 Å². The standard InChI is InChI=1S/C15H25NO3.C11H19NO3/c1-14(2,3)19-13(18)16-10-8-15(9-11-16)6-4-12(17)5-7-15;13-9-1-3-11(4-2-9)5-7-12(8-6-11)10(14)15/h4-11H2,1-3H3;9,13H,1-8H2,(H,14,15). The number of hydrogen-bond donors (Lipinski definition) is 2. The Labute approximate surface area is 204 Å². The van der Waals surface area contributed by atoms with Crippen LogP contribution in [0.4, 0.5) is 9.59 Å². The monoisotopic (exact) mass is 480 g/mol. The van der Waals surface area contributed by atoms with E-state index >= 15 is 0 Å². The first-order chi connectivity index (χ1) is 15.9. The molecule has 4 aliphatic rings. The van der Waals surface area contributed by atoms with Gasteiger partial charge < -0.3 is 24.7 Å². The summed E-state index contributed by atoms with van der Waals surface area (Å²) in [5, 5.41) is 18.3. The van der Waals surface area contributed by atoms with Gasteiger partial charge in [0.1, 0.15) is 11.4 Å². The van der Waals surface area contributed by atoms with Gasteiger partial charge >= 0.3 is 12.2 Å². The Kier molecular flexibility index (Phi) is 8.53. The van der Waals surface area contributed by atoms with Crippen LogP contribution in [0.15, 0.2) is 0 Å². The molecule has 2 saturated carbocycles. The molecule has 2 saturated heterocycles. The Morgan fingerprint density at radius 2 is 1.26 bits per heavy atom. The second kappa shape index (κ2) is 10.8. The predicted molar refractivity (Wildman–Crippen MR) is 129 cm³/mol. The first-order valence-electron chi connectivity index (χ1n) is 13.1. The van der Waals surface area contributed by atoms with E-state index in [2.05, 4.69) is 0 Å². The number of piperidine rings is 2. The SMILES string of the molecule is CC(C)(C)OC(=O)N1CCC2(CCC(=O)CC2)CC1.O=C(O)N1CCC2(CCC(O)CC2)CC1. The van der Waals surface area contributed by atoms with Crippen molar-refractivity contribution in [2.24, 2.45) is 10.8 Å². The Morgan fingerprint density at radius 3 is 1.71 bits per heavy atom. The van der Waals surface area contributed by atoms with Gasteiger partial charge in [-0.25, -0.2) is 9.59 Å². The number of ketones is 1. The minimum atomic E-state index is -0.791. The fourth-order valence-corrected chi connectivity index (χ4v) is 5.94. The fraction of sp³-hybridized carbons (Fsp3) is 0.885. The molecule has 2 spiro atoms. The number of nitrogens with zero attached hydrogens (tertiary/aromatic N) is 2. The summed E-state index contributed by atoms with van der Waals surface area (Å²) in [5.41, 5.74) is 0.223. The van der Waals surface area contributed by atoms with Gasteiger partial charge in [0, 0.05) is 39.0 Å². The zero-order valence-corrected chi connectivity index (χ0v) is 21.3. The molecule has 4 rings (SSSR count). The number of aliphatic hydroxyl groups is 1. The van der Waals surface area contributed by atoms with Gasteiger partial charge in [-0.3, -0.25) is 4.79 Å². The molecule has 2 heterocycles. The number of carbonyl (C=O) groups excluding carboxylic acids is 2. The van der Waals surface area contributed by atoms with Crippen molar-refractivity contribution in [2.45, 2.75) is 110 Å². The van der Waals surface area contributed by atoms with Crippen molar-refractivity contribution in [1.29, 1.82) is 0 Å². The van der Waals surface area contributed by atoms with Crippen LogP contribution in [0.2, 0.25) is 0 Å². The van der Waals surface area contributed by atoms with E-state index in [1.807, 2.05) is 25.7 Å². The minimum absolute atomic E-state index is 0.117. The third-order valence-corrected chi connectivity index (χ3v) is 8.45. The molecule has 0 bridgehead atoms. The minimum Gasteiger partial charge on any atom is -0.465 e. The molecule has 194 valence electrons. The Morgan fingerprint density at radius 1 is 0.824 bits per heavy atom. The quantitative estimate of drug-likeness (QED) is 0.514. The maximum Gasteiger partial charge on any atom is 0.410 e. The van der Waals surface area contributed by atoms with E-state index in [0.29, 0.717) is 29.7 Å². The lowest BCUT2D eigenvalue weighted by Crippen LogP contribution is -2.46. The fourth-order valence-electron chi connectivity index (χ4n) is 5.94. The maximum atomic E-state index is 12.0. The van der Waals surface area contributed by atoms with Crippen LogP contribution in [0, 0.1) is 10.8 Å². The third-order valence-electron chi connectivity index (χ3n) is 8.45. The molecule has 0 atom stereocenters. The summed E-state index contributed by atoms with van der Waals surface area (Å²) in [5.74, 6) is 0.403. The van der Waals surface area contributed by atoms with Crippen molar-refractivity contribution in [2.75, 3.05) is 26.2 Å². The van der Waals surface area contributed by atoms with Gasteiger partial charge in [0.25, 0.3) is 0 Å². The Bertz CT molecular complexity index is 708. The Balaban J connectivity index is 0.000000196. The molecule has 0 unspecified atom stereocenters. The molecule has 2 amide bonds. The van der Waals surface area contributed by atoms with Crippen molar-refractivity contribution < 1.29 is 29.3 Å². The van der Waals surface area contributed by atoms with Crippen LogP contribution in [0.25, 0.3) is 0 Å². The second-order valence-electron chi connectivity index (χ2n) is 12.0. The van der Waals surface area contributed by atoms with E-state index in [-0.39, 0.29) is 12.2 Å². The summed E-state index contributed by atoms with van der Waals surface area (Å²) in [6.45, 7) is 8.55. The summed E-state index contributed by atoms with van der Waals surface area (Å²) in [6.07, 6.45) is 10.3. The normalized spacial score (nSPS) is 25.0. The second-order valence-corrected chi connectivity index (χ2v) is 12.0. The lowest BCUT2D eigenvalue weighted by Gasteiger charge is -2.44. The van der Waals surface area contributed by atoms with Crippen molar-refractivity contribution in [3.63, 3.8) is 0 Å². The van der Waals surface area contributed by atoms with E-state index < -0.39 is 11.7 Å². The van der Waals surface area contributed by atoms with Crippen molar-refractivity contribution in [3.05, 3.63) is 0 Å². The van der Waals surface area contributed by atoms with Crippen LogP contribution < -0.4 is 0 Å². The Hall–Kier alpha value is -1.83. The van der Waals surface area contributed by atoms with E-state index in [4.69, 9.17) is 9.84 Å². The van der Waals surface area contributed by atoms with Crippen molar-refractivity contribution in [3.8, 4) is 0 Å². The number of Topliss-reactive ketones (excluding diaryl/α,β-unsaturated/α-hetero) is 1. The molecule has 8 nitrogen and oxygen atoms in total. The van der Waals surface area contributed by atoms with Crippen LogP contribution in [-0.2, 0) is 9.53 Å². The summed E-state index contributed by atoms with van der Waals surface area (Å²) < 4.78 is 5.40. The van der Waals surface area contributed by atoms with Crippen molar-refractivity contribution >= 4 is 18.0 Å². The average Bonchev–Trinajstić information content (AvgIpc) is 2.78. The maximum absolute atomic E-state index is 12.0. The number of likely N-dealkylation sites (tertiary alicyclic amines) is 2. The van der Waals surface area contributed by atoms with Gasteiger partial charge in [-0.15, -0.1) is 0 Å². The molecule has 0 radical (unpaired) electrons. The van der Waals surface area contributed by atoms with Gasteiger partial charge in [0.15, 0.2) is 0 Å². The number of ether oxygens (including phenoxy) is 1. The molecule has 2 N–H and O–H groups in total. The smallest absolute Gasteiger partial charge is 0.410 e. The number of rotatable bonds is 0. The molecule has 0 aromatic heterocycles. The number of hydrogen-bond acceptors (Lipinski definition) is 5. The molecule has 2 aliphatic carbocycles. The molecule has 8 heteroatoms. The number of aliphatic hydroxyl groups excluding tert-OH is 1. The molecule has 2 aliphatic heterocycles. The molecular weight excluding hydrogens is 436 g/mol. The lowest BCUT2D eigenvalue weighted by atomic mass is 9.67. The molecular formula is C26H44N2O6. The number of carbonyl (C=O) groups is 3. The van der Waals surface area contributed by atoms with Crippen LogP contribution in [0.1, 0.15) is 97.8 Å². The highest BCUT2D eigenvalue weighted by atomic mass is 16.6. The molecule has 0 aromatic rings. The predicted octanol–water partition coefficient (Wildman–Crippen LogP) is 4.83. The van der Waals surface area contributed by atoms with Gasteiger partial charge in [0.05, 0.1) is 6.10 Å². The van der Waals surface area contributed by atoms with E-state index in [1.54, 1.807) is 0 Å². The van der Waals surface area contributed by atoms with Crippen LogP contribution in [0.5, 0.6) is 0 Å².